The monoisotopic (exact) mass is 252 g/mol. The van der Waals surface area contributed by atoms with E-state index >= 15 is 0 Å². The standard InChI is InChI=1S/C9H18NO5P/c1-4-5-10-8(12)7(11)9(2,3)6-15-16(13)14/h7,11H,4-6H2,1-3H3,(H-,10,12,13,14)/p+1. The predicted molar refractivity (Wildman–Crippen MR) is 58.9 cm³/mol. The summed E-state index contributed by atoms with van der Waals surface area (Å²) in [6.07, 6.45) is -0.494. The van der Waals surface area contributed by atoms with Crippen molar-refractivity contribution >= 4 is 14.2 Å². The maximum absolute atomic E-state index is 11.4. The third-order valence-electron chi connectivity index (χ3n) is 2.08. The molecule has 0 aromatic carbocycles. The molecule has 6 nitrogen and oxygen atoms in total. The second kappa shape index (κ2) is 6.91. The number of carbonyl (C=O) groups excluding carboxylic acids is 1. The van der Waals surface area contributed by atoms with E-state index in [1.165, 1.54) is 0 Å². The van der Waals surface area contributed by atoms with Crippen LogP contribution in [0.5, 0.6) is 0 Å². The molecule has 0 spiro atoms. The van der Waals surface area contributed by atoms with Gasteiger partial charge in [-0.05, 0) is 6.42 Å². The highest BCUT2D eigenvalue weighted by molar-refractivity contribution is 7.32. The van der Waals surface area contributed by atoms with Crippen molar-refractivity contribution in [3.05, 3.63) is 0 Å². The Morgan fingerprint density at radius 2 is 2.12 bits per heavy atom. The van der Waals surface area contributed by atoms with E-state index in [1.54, 1.807) is 13.8 Å². The Kier molecular flexibility index (Phi) is 6.67. The fourth-order valence-electron chi connectivity index (χ4n) is 1.00. The van der Waals surface area contributed by atoms with Gasteiger partial charge in [-0.3, -0.25) is 4.79 Å². The van der Waals surface area contributed by atoms with Gasteiger partial charge in [-0.25, -0.2) is 0 Å². The number of rotatable bonds is 7. The normalized spacial score (nSPS) is 14.4. The van der Waals surface area contributed by atoms with Gasteiger partial charge in [0.25, 0.3) is 0 Å². The van der Waals surface area contributed by atoms with Gasteiger partial charge in [0, 0.05) is 16.5 Å². The van der Waals surface area contributed by atoms with Crippen LogP contribution in [0, 0.1) is 5.41 Å². The number of nitrogens with one attached hydrogen (secondary N) is 1. The fraction of sp³-hybridized carbons (Fsp3) is 0.889. The number of amides is 1. The Balaban J connectivity index is 4.26. The van der Waals surface area contributed by atoms with Crippen molar-refractivity contribution in [3.8, 4) is 0 Å². The minimum absolute atomic E-state index is 0.167. The summed E-state index contributed by atoms with van der Waals surface area (Å²) in [5.74, 6) is -0.497. The van der Waals surface area contributed by atoms with Crippen molar-refractivity contribution in [1.82, 2.24) is 5.32 Å². The topological polar surface area (TPSA) is 95.9 Å². The lowest BCUT2D eigenvalue weighted by atomic mass is 9.87. The molecule has 0 rings (SSSR count). The van der Waals surface area contributed by atoms with Crippen molar-refractivity contribution < 1.29 is 23.9 Å². The lowest BCUT2D eigenvalue weighted by molar-refractivity contribution is -0.136. The molecule has 1 amide bonds. The molecular formula is C9H19NO5P+. The number of aliphatic hydroxyl groups excluding tert-OH is 1. The van der Waals surface area contributed by atoms with Gasteiger partial charge in [0.05, 0.1) is 0 Å². The van der Waals surface area contributed by atoms with E-state index in [0.717, 1.165) is 6.42 Å². The largest absolute Gasteiger partial charge is 0.694 e. The summed E-state index contributed by atoms with van der Waals surface area (Å²) < 4.78 is 14.9. The number of hydrogen-bond donors (Lipinski definition) is 3. The zero-order valence-electron chi connectivity index (χ0n) is 9.77. The van der Waals surface area contributed by atoms with Crippen LogP contribution in [0.25, 0.3) is 0 Å². The summed E-state index contributed by atoms with van der Waals surface area (Å²) in [6, 6.07) is 0. The maximum atomic E-state index is 11.4. The van der Waals surface area contributed by atoms with E-state index in [0.29, 0.717) is 6.54 Å². The SMILES string of the molecule is CCCNC(=O)C(O)C(C)(C)CO[P+](=O)O. The summed E-state index contributed by atoms with van der Waals surface area (Å²) in [5, 5.41) is 12.3. The summed E-state index contributed by atoms with van der Waals surface area (Å²) in [6.45, 7) is 5.39. The summed E-state index contributed by atoms with van der Waals surface area (Å²) in [7, 11) is -2.71. The van der Waals surface area contributed by atoms with Crippen LogP contribution in [-0.4, -0.2) is 35.2 Å². The zero-order valence-corrected chi connectivity index (χ0v) is 10.7. The van der Waals surface area contributed by atoms with Gasteiger partial charge < -0.3 is 10.4 Å². The van der Waals surface area contributed by atoms with Gasteiger partial charge in [-0.1, -0.05) is 20.8 Å². The first-order valence-corrected chi connectivity index (χ1v) is 6.19. The van der Waals surface area contributed by atoms with Crippen LogP contribution in [0.4, 0.5) is 0 Å². The molecule has 0 radical (unpaired) electrons. The Hall–Kier alpha value is -0.550. The molecule has 0 aliphatic rings. The van der Waals surface area contributed by atoms with Crippen LogP contribution >= 0.6 is 8.25 Å². The molecule has 16 heavy (non-hydrogen) atoms. The van der Waals surface area contributed by atoms with Crippen LogP contribution in [0.2, 0.25) is 0 Å². The minimum atomic E-state index is -2.71. The lowest BCUT2D eigenvalue weighted by Crippen LogP contribution is -2.45. The number of carbonyl (C=O) groups is 1. The molecule has 0 saturated heterocycles. The average molecular weight is 252 g/mol. The maximum Gasteiger partial charge on any atom is 0.694 e. The Morgan fingerprint density at radius 3 is 2.56 bits per heavy atom. The molecule has 0 aromatic rings. The molecular weight excluding hydrogens is 233 g/mol. The van der Waals surface area contributed by atoms with Crippen molar-refractivity contribution in [2.45, 2.75) is 33.3 Å². The minimum Gasteiger partial charge on any atom is -0.383 e. The number of hydrogen-bond acceptors (Lipinski definition) is 4. The van der Waals surface area contributed by atoms with Crippen molar-refractivity contribution in [2.75, 3.05) is 13.2 Å². The third-order valence-corrected chi connectivity index (χ3v) is 2.43. The second-order valence-corrected chi connectivity index (χ2v) is 4.93. The molecule has 0 aromatic heterocycles. The highest BCUT2D eigenvalue weighted by Crippen LogP contribution is 2.26. The molecule has 0 aliphatic heterocycles. The molecule has 7 heteroatoms. The third kappa shape index (κ3) is 5.51. The molecule has 2 unspecified atom stereocenters. The highest BCUT2D eigenvalue weighted by atomic mass is 31.1. The first-order valence-electron chi connectivity index (χ1n) is 5.06. The van der Waals surface area contributed by atoms with Gasteiger partial charge in [-0.2, -0.15) is 0 Å². The van der Waals surface area contributed by atoms with Gasteiger partial charge >= 0.3 is 8.25 Å². The molecule has 3 N–H and O–H groups in total. The van der Waals surface area contributed by atoms with Crippen LogP contribution in [-0.2, 0) is 13.9 Å². The Bertz CT molecular complexity index is 256. The van der Waals surface area contributed by atoms with Crippen LogP contribution in [0.3, 0.4) is 0 Å². The lowest BCUT2D eigenvalue weighted by Gasteiger charge is -2.26. The Morgan fingerprint density at radius 1 is 1.56 bits per heavy atom. The van der Waals surface area contributed by atoms with Gasteiger partial charge in [-0.15, -0.1) is 9.42 Å². The first kappa shape index (κ1) is 15.4. The molecule has 0 fully saturated rings. The summed E-state index contributed by atoms with van der Waals surface area (Å²) in [5.41, 5.74) is -0.911. The molecule has 0 heterocycles. The van der Waals surface area contributed by atoms with E-state index in [-0.39, 0.29) is 6.61 Å². The molecule has 0 saturated carbocycles. The van der Waals surface area contributed by atoms with Crippen LogP contribution in [0.15, 0.2) is 0 Å². The van der Waals surface area contributed by atoms with Gasteiger partial charge in [0.15, 0.2) is 0 Å². The van der Waals surface area contributed by atoms with Crippen molar-refractivity contribution in [2.24, 2.45) is 5.41 Å². The molecule has 0 bridgehead atoms. The Labute approximate surface area is 96.0 Å². The van der Waals surface area contributed by atoms with Crippen molar-refractivity contribution in [1.29, 1.82) is 0 Å². The summed E-state index contributed by atoms with van der Waals surface area (Å²) in [4.78, 5) is 19.9. The van der Waals surface area contributed by atoms with Crippen LogP contribution in [0.1, 0.15) is 27.2 Å². The van der Waals surface area contributed by atoms with Crippen molar-refractivity contribution in [3.63, 3.8) is 0 Å². The van der Waals surface area contributed by atoms with E-state index in [9.17, 15) is 14.5 Å². The average Bonchev–Trinajstić information content (AvgIpc) is 2.22. The fourth-order valence-corrected chi connectivity index (χ4v) is 1.44. The van der Waals surface area contributed by atoms with Crippen LogP contribution < -0.4 is 5.32 Å². The first-order chi connectivity index (χ1) is 7.31. The smallest absolute Gasteiger partial charge is 0.383 e. The predicted octanol–water partition coefficient (Wildman–Crippen LogP) is 0.566. The summed E-state index contributed by atoms with van der Waals surface area (Å²) >= 11 is 0. The van der Waals surface area contributed by atoms with Gasteiger partial charge in [0.2, 0.25) is 5.91 Å². The second-order valence-electron chi connectivity index (χ2n) is 4.19. The number of aliphatic hydroxyl groups is 1. The quantitative estimate of drug-likeness (QED) is 0.575. The van der Waals surface area contributed by atoms with E-state index in [1.807, 2.05) is 6.92 Å². The van der Waals surface area contributed by atoms with E-state index in [4.69, 9.17) is 4.89 Å². The van der Waals surface area contributed by atoms with E-state index < -0.39 is 25.7 Å². The van der Waals surface area contributed by atoms with Gasteiger partial charge in [0.1, 0.15) is 12.7 Å². The molecule has 94 valence electrons. The molecule has 2 atom stereocenters. The highest BCUT2D eigenvalue weighted by Gasteiger charge is 2.36. The molecule has 0 aliphatic carbocycles. The zero-order chi connectivity index (χ0) is 12.8. The van der Waals surface area contributed by atoms with E-state index in [2.05, 4.69) is 9.84 Å².